The molecule has 9 aromatic rings. The number of benzene rings is 7. The van der Waals surface area contributed by atoms with Crippen LogP contribution in [0.4, 0.5) is 0 Å². The summed E-state index contributed by atoms with van der Waals surface area (Å²) in [7, 11) is 0. The van der Waals surface area contributed by atoms with Crippen molar-refractivity contribution in [1.29, 1.82) is 0 Å². The fourth-order valence-electron chi connectivity index (χ4n) is 11.1. The van der Waals surface area contributed by atoms with Crippen LogP contribution in [-0.2, 0) is 17.8 Å². The minimum Gasteiger partial charge on any atom is -0.458 e. The molecule has 3 heterocycles. The second-order valence-corrected chi connectivity index (χ2v) is 18.0. The Hall–Kier alpha value is -7.72. The number of furan rings is 1. The lowest BCUT2D eigenvalue weighted by Crippen LogP contribution is -2.29. The van der Waals surface area contributed by atoms with Gasteiger partial charge in [-0.15, -0.1) is 0 Å². The van der Waals surface area contributed by atoms with Gasteiger partial charge in [0.2, 0.25) is 0 Å². The van der Waals surface area contributed by atoms with E-state index in [-0.39, 0.29) is 5.92 Å². The first-order chi connectivity index (χ1) is 32.7. The standard InChI is InChI=1S/C63H47NO2/c1-3-13-41(14-4-1)43-24-28-46(29-25-43)61-53-18-7-8-19-54(53)62(47-30-26-44(27-31-47)42-15-5-2-6-16-42)57-39-48(34-36-55(57)61)64-58-23-10-9-17-50(58)51-35-32-45(33-37-59(51)64)49-20-11-21-56-52-22-12-38-65-40-60(52)66-63(49)56/h1-8,10,12-16,18-19,21-37,39,45H,9,11,17,20,38,40H2. The summed E-state index contributed by atoms with van der Waals surface area (Å²) in [5.41, 5.74) is 19.7. The molecule has 3 aliphatic carbocycles. The average Bonchev–Trinajstić information content (AvgIpc) is 3.67. The van der Waals surface area contributed by atoms with E-state index in [1.165, 1.54) is 105 Å². The molecule has 316 valence electrons. The van der Waals surface area contributed by atoms with E-state index in [9.17, 15) is 0 Å². The summed E-state index contributed by atoms with van der Waals surface area (Å²) in [5, 5.41) is 6.20. The van der Waals surface area contributed by atoms with E-state index in [2.05, 4.69) is 211 Å². The zero-order valence-corrected chi connectivity index (χ0v) is 36.7. The van der Waals surface area contributed by atoms with Crippen molar-refractivity contribution in [3.63, 3.8) is 0 Å². The zero-order valence-electron chi connectivity index (χ0n) is 36.7. The van der Waals surface area contributed by atoms with Crippen molar-refractivity contribution >= 4 is 57.5 Å². The molecule has 0 bridgehead atoms. The van der Waals surface area contributed by atoms with Crippen molar-refractivity contribution in [2.45, 2.75) is 32.3 Å². The Bertz CT molecular complexity index is 3630. The normalized spacial score (nSPS) is 16.1. The summed E-state index contributed by atoms with van der Waals surface area (Å²) in [6, 6.07) is 55.9. The molecule has 13 rings (SSSR count). The van der Waals surface area contributed by atoms with Crippen LogP contribution in [0.5, 0.6) is 0 Å². The molecule has 0 fully saturated rings. The van der Waals surface area contributed by atoms with Crippen LogP contribution in [0, 0.1) is 5.92 Å². The van der Waals surface area contributed by atoms with Crippen LogP contribution in [0.25, 0.3) is 108 Å². The van der Waals surface area contributed by atoms with Gasteiger partial charge in [-0.3, -0.25) is 0 Å². The number of fused-ring (bicyclic) bond motifs is 8. The molecule has 1 unspecified atom stereocenters. The number of hydrogen-bond donors (Lipinski definition) is 0. The van der Waals surface area contributed by atoms with Crippen LogP contribution in [0.3, 0.4) is 0 Å². The number of nitrogens with zero attached hydrogens (tertiary/aromatic N) is 1. The summed E-state index contributed by atoms with van der Waals surface area (Å²) in [4.78, 5) is 0. The van der Waals surface area contributed by atoms with Gasteiger partial charge >= 0.3 is 0 Å². The molecule has 0 saturated carbocycles. The molecule has 7 aromatic carbocycles. The minimum atomic E-state index is 0.122. The smallest absolute Gasteiger partial charge is 0.138 e. The fourth-order valence-corrected chi connectivity index (χ4v) is 11.1. The van der Waals surface area contributed by atoms with Gasteiger partial charge in [-0.25, -0.2) is 0 Å². The van der Waals surface area contributed by atoms with Crippen LogP contribution in [0.2, 0.25) is 0 Å². The van der Waals surface area contributed by atoms with E-state index < -0.39 is 0 Å². The predicted molar refractivity (Wildman–Crippen MR) is 275 cm³/mol. The Balaban J connectivity index is 1.01. The van der Waals surface area contributed by atoms with Crippen molar-refractivity contribution in [1.82, 2.24) is 4.57 Å². The summed E-state index contributed by atoms with van der Waals surface area (Å²) >= 11 is 0. The molecule has 2 aromatic heterocycles. The fraction of sp³-hybridized carbons (Fsp3) is 0.111. The van der Waals surface area contributed by atoms with Gasteiger partial charge in [0, 0.05) is 33.6 Å². The Kier molecular flexibility index (Phi) is 9.42. The highest BCUT2D eigenvalue weighted by molar-refractivity contribution is 6.21. The van der Waals surface area contributed by atoms with Gasteiger partial charge in [0.05, 0.1) is 12.3 Å². The second-order valence-electron chi connectivity index (χ2n) is 18.0. The molecular formula is C63H47NO2. The highest BCUT2D eigenvalue weighted by atomic mass is 16.5. The van der Waals surface area contributed by atoms with Gasteiger partial charge in [-0.2, -0.15) is 0 Å². The zero-order chi connectivity index (χ0) is 43.6. The topological polar surface area (TPSA) is 27.3 Å². The molecule has 0 saturated heterocycles. The average molecular weight is 850 g/mol. The minimum absolute atomic E-state index is 0.122. The first-order valence-electron chi connectivity index (χ1n) is 23.5. The number of ether oxygens (including phenoxy) is 1. The van der Waals surface area contributed by atoms with Gasteiger partial charge < -0.3 is 13.7 Å². The van der Waals surface area contributed by atoms with Gasteiger partial charge in [-0.05, 0) is 127 Å². The molecule has 66 heavy (non-hydrogen) atoms. The first-order valence-corrected chi connectivity index (χ1v) is 23.5. The lowest BCUT2D eigenvalue weighted by Gasteiger charge is -2.20. The molecule has 1 aliphatic heterocycles. The number of rotatable bonds is 6. The van der Waals surface area contributed by atoms with E-state index >= 15 is 0 Å². The summed E-state index contributed by atoms with van der Waals surface area (Å²) < 4.78 is 15.0. The van der Waals surface area contributed by atoms with E-state index in [1.54, 1.807) is 0 Å². The molecule has 4 aliphatic rings. The maximum atomic E-state index is 6.65. The van der Waals surface area contributed by atoms with E-state index in [1.807, 2.05) is 0 Å². The molecule has 0 amide bonds. The van der Waals surface area contributed by atoms with Crippen LogP contribution in [0.15, 0.2) is 180 Å². The van der Waals surface area contributed by atoms with E-state index in [0.717, 1.165) is 42.5 Å². The summed E-state index contributed by atoms with van der Waals surface area (Å²) in [6.07, 6.45) is 25.0. The molecule has 0 spiro atoms. The third-order valence-electron chi connectivity index (χ3n) is 14.2. The van der Waals surface area contributed by atoms with Crippen LogP contribution in [0.1, 0.15) is 53.1 Å². The molecular weight excluding hydrogens is 803 g/mol. The van der Waals surface area contributed by atoms with Gasteiger partial charge in [0.25, 0.3) is 0 Å². The lowest BCUT2D eigenvalue weighted by atomic mass is 9.85. The number of allylic oxidation sites excluding steroid dienone is 3. The molecule has 0 radical (unpaired) electrons. The monoisotopic (exact) mass is 849 g/mol. The van der Waals surface area contributed by atoms with E-state index in [0.29, 0.717) is 13.2 Å². The van der Waals surface area contributed by atoms with Crippen molar-refractivity contribution in [2.75, 3.05) is 6.61 Å². The number of hydrogen-bond acceptors (Lipinski definition) is 2. The third-order valence-corrected chi connectivity index (χ3v) is 14.2. The quantitative estimate of drug-likeness (QED) is 0.156. The van der Waals surface area contributed by atoms with Gasteiger partial charge in [-0.1, -0.05) is 182 Å². The van der Waals surface area contributed by atoms with Crippen molar-refractivity contribution < 1.29 is 9.15 Å². The Morgan fingerprint density at radius 2 is 1.11 bits per heavy atom. The second kappa shape index (κ2) is 16.1. The largest absolute Gasteiger partial charge is 0.458 e. The Labute approximate surface area is 385 Å². The SMILES string of the molecule is C1=Cc2c(c3c(n2-c2ccc4c(-c5ccc(-c6ccccc6)cc5)c5ccccc5c(-c5ccc(-c6ccccc6)cc5)c4c2)C=CC(C2=c4oc5c(c4=CCC2)C=CCOC5)C=C3)CC1. The Morgan fingerprint density at radius 3 is 1.82 bits per heavy atom. The lowest BCUT2D eigenvalue weighted by molar-refractivity contribution is 0.132. The maximum absolute atomic E-state index is 6.65. The van der Waals surface area contributed by atoms with Gasteiger partial charge in [0.1, 0.15) is 17.8 Å². The highest BCUT2D eigenvalue weighted by Crippen LogP contribution is 2.46. The maximum Gasteiger partial charge on any atom is 0.138 e. The summed E-state index contributed by atoms with van der Waals surface area (Å²) in [6.45, 7) is 1.12. The van der Waals surface area contributed by atoms with E-state index in [4.69, 9.17) is 9.15 Å². The molecule has 3 nitrogen and oxygen atoms in total. The van der Waals surface area contributed by atoms with Crippen molar-refractivity contribution in [3.05, 3.63) is 220 Å². The van der Waals surface area contributed by atoms with Gasteiger partial charge in [0.15, 0.2) is 0 Å². The summed E-state index contributed by atoms with van der Waals surface area (Å²) in [5.74, 6) is 1.06. The van der Waals surface area contributed by atoms with Crippen molar-refractivity contribution in [3.8, 4) is 50.2 Å². The highest BCUT2D eigenvalue weighted by Gasteiger charge is 2.26. The molecule has 0 N–H and O–H groups in total. The predicted octanol–water partition coefficient (Wildman–Crippen LogP) is 14.6. The Morgan fingerprint density at radius 1 is 0.485 bits per heavy atom. The molecule has 3 heteroatoms. The van der Waals surface area contributed by atoms with Crippen LogP contribution >= 0.6 is 0 Å². The molecule has 1 atom stereocenters. The first kappa shape index (κ1) is 38.7. The third kappa shape index (κ3) is 6.45. The number of aromatic nitrogens is 1. The van der Waals surface area contributed by atoms with Crippen LogP contribution < -0.4 is 10.6 Å². The van der Waals surface area contributed by atoms with Crippen molar-refractivity contribution in [2.24, 2.45) is 5.92 Å². The van der Waals surface area contributed by atoms with Crippen LogP contribution in [-0.4, -0.2) is 11.2 Å².